The van der Waals surface area contributed by atoms with Crippen molar-refractivity contribution >= 4 is 5.91 Å². The van der Waals surface area contributed by atoms with Crippen LogP contribution in [0.1, 0.15) is 44.3 Å². The van der Waals surface area contributed by atoms with Gasteiger partial charge in [-0.3, -0.25) is 4.79 Å². The Labute approximate surface area is 106 Å². The first-order valence-electron chi connectivity index (χ1n) is 6.40. The summed E-state index contributed by atoms with van der Waals surface area (Å²) in [5.74, 6) is 0.879. The maximum atomic E-state index is 12.0. The standard InChI is InChI=1S/C12H20N4O2/c1-8(7-13)10(17)15-12(5-3-4-6-12)11-14-9(2)18-16-11/h8H,3-7,13H2,1-2H3,(H,15,17). The minimum absolute atomic E-state index is 0.0400. The number of amides is 1. The number of hydrogen-bond donors (Lipinski definition) is 2. The Morgan fingerprint density at radius 2 is 2.22 bits per heavy atom. The van der Waals surface area contributed by atoms with Crippen molar-refractivity contribution in [1.82, 2.24) is 15.5 Å². The summed E-state index contributed by atoms with van der Waals surface area (Å²) < 4.78 is 5.03. The third-order valence-corrected chi connectivity index (χ3v) is 3.58. The van der Waals surface area contributed by atoms with Gasteiger partial charge in [0, 0.05) is 19.4 Å². The molecule has 100 valence electrons. The summed E-state index contributed by atoms with van der Waals surface area (Å²) in [7, 11) is 0. The van der Waals surface area contributed by atoms with E-state index in [9.17, 15) is 4.79 Å². The van der Waals surface area contributed by atoms with Crippen LogP contribution < -0.4 is 11.1 Å². The zero-order valence-electron chi connectivity index (χ0n) is 10.9. The topological polar surface area (TPSA) is 94.0 Å². The summed E-state index contributed by atoms with van der Waals surface area (Å²) in [6.07, 6.45) is 3.83. The van der Waals surface area contributed by atoms with Gasteiger partial charge >= 0.3 is 0 Å². The van der Waals surface area contributed by atoms with Crippen LogP contribution in [-0.2, 0) is 10.3 Å². The molecule has 0 aliphatic heterocycles. The number of nitrogens with one attached hydrogen (secondary N) is 1. The van der Waals surface area contributed by atoms with Gasteiger partial charge in [-0.25, -0.2) is 0 Å². The van der Waals surface area contributed by atoms with E-state index in [0.717, 1.165) is 25.7 Å². The second-order valence-electron chi connectivity index (χ2n) is 5.05. The highest BCUT2D eigenvalue weighted by Gasteiger charge is 2.41. The average molecular weight is 252 g/mol. The number of nitrogens with zero attached hydrogens (tertiary/aromatic N) is 2. The van der Waals surface area contributed by atoms with Crippen LogP contribution in [0.2, 0.25) is 0 Å². The van der Waals surface area contributed by atoms with Gasteiger partial charge in [0.2, 0.25) is 11.8 Å². The molecular weight excluding hydrogens is 232 g/mol. The lowest BCUT2D eigenvalue weighted by Gasteiger charge is -2.28. The number of nitrogens with two attached hydrogens (primary N) is 1. The molecule has 0 spiro atoms. The van der Waals surface area contributed by atoms with Gasteiger partial charge in [-0.2, -0.15) is 4.98 Å². The van der Waals surface area contributed by atoms with Gasteiger partial charge in [0.15, 0.2) is 5.82 Å². The summed E-state index contributed by atoms with van der Waals surface area (Å²) >= 11 is 0. The summed E-state index contributed by atoms with van der Waals surface area (Å²) in [6, 6.07) is 0. The first kappa shape index (κ1) is 13.0. The smallest absolute Gasteiger partial charge is 0.224 e. The molecule has 0 aromatic carbocycles. The Balaban J connectivity index is 2.20. The second-order valence-corrected chi connectivity index (χ2v) is 5.05. The minimum atomic E-state index is -0.460. The molecule has 0 bridgehead atoms. The summed E-state index contributed by atoms with van der Waals surface area (Å²) in [6.45, 7) is 3.91. The summed E-state index contributed by atoms with van der Waals surface area (Å²) in [5.41, 5.74) is 5.06. The van der Waals surface area contributed by atoms with Crippen LogP contribution in [0.5, 0.6) is 0 Å². The molecule has 6 nitrogen and oxygen atoms in total. The van der Waals surface area contributed by atoms with Gasteiger partial charge in [0.1, 0.15) is 5.54 Å². The third-order valence-electron chi connectivity index (χ3n) is 3.58. The van der Waals surface area contributed by atoms with Crippen LogP contribution in [0.25, 0.3) is 0 Å². The molecule has 1 amide bonds. The molecule has 6 heteroatoms. The van der Waals surface area contributed by atoms with Crippen molar-refractivity contribution in [1.29, 1.82) is 0 Å². The van der Waals surface area contributed by atoms with E-state index in [4.69, 9.17) is 10.3 Å². The molecule has 1 saturated carbocycles. The third kappa shape index (κ3) is 2.38. The lowest BCUT2D eigenvalue weighted by atomic mass is 9.95. The molecule has 1 aliphatic carbocycles. The Morgan fingerprint density at radius 3 is 2.72 bits per heavy atom. The number of hydrogen-bond acceptors (Lipinski definition) is 5. The van der Waals surface area contributed by atoms with Crippen LogP contribution in [0.3, 0.4) is 0 Å². The molecule has 1 unspecified atom stereocenters. The maximum Gasteiger partial charge on any atom is 0.224 e. The van der Waals surface area contributed by atoms with Gasteiger partial charge in [-0.1, -0.05) is 24.9 Å². The number of carbonyl (C=O) groups excluding carboxylic acids is 1. The molecule has 0 saturated heterocycles. The predicted octanol–water partition coefficient (Wildman–Crippen LogP) is 0.858. The van der Waals surface area contributed by atoms with Gasteiger partial charge in [0.25, 0.3) is 0 Å². The van der Waals surface area contributed by atoms with E-state index < -0.39 is 5.54 Å². The molecule has 2 rings (SSSR count). The SMILES string of the molecule is Cc1nc(C2(NC(=O)C(C)CN)CCCC2)no1. The number of aryl methyl sites for hydroxylation is 1. The van der Waals surface area contributed by atoms with Crippen molar-refractivity contribution in [3.63, 3.8) is 0 Å². The van der Waals surface area contributed by atoms with Gasteiger partial charge in [-0.15, -0.1) is 0 Å². The van der Waals surface area contributed by atoms with Crippen molar-refractivity contribution in [2.45, 2.75) is 45.1 Å². The lowest BCUT2D eigenvalue weighted by molar-refractivity contribution is -0.126. The molecule has 1 fully saturated rings. The highest BCUT2D eigenvalue weighted by molar-refractivity contribution is 5.79. The fourth-order valence-corrected chi connectivity index (χ4v) is 2.34. The van der Waals surface area contributed by atoms with E-state index >= 15 is 0 Å². The normalized spacial score (nSPS) is 19.7. The van der Waals surface area contributed by atoms with Gasteiger partial charge in [-0.05, 0) is 12.8 Å². The van der Waals surface area contributed by atoms with Crippen molar-refractivity contribution < 1.29 is 9.32 Å². The van der Waals surface area contributed by atoms with E-state index in [0.29, 0.717) is 18.3 Å². The van der Waals surface area contributed by atoms with E-state index in [1.54, 1.807) is 6.92 Å². The van der Waals surface area contributed by atoms with Crippen molar-refractivity contribution in [3.05, 3.63) is 11.7 Å². The summed E-state index contributed by atoms with van der Waals surface area (Å²) in [4.78, 5) is 16.3. The summed E-state index contributed by atoms with van der Waals surface area (Å²) in [5, 5.41) is 7.04. The largest absolute Gasteiger partial charge is 0.343 e. The monoisotopic (exact) mass is 252 g/mol. The van der Waals surface area contributed by atoms with Crippen molar-refractivity contribution in [2.75, 3.05) is 6.54 Å². The quantitative estimate of drug-likeness (QED) is 0.828. The lowest BCUT2D eigenvalue weighted by Crippen LogP contribution is -2.47. The van der Waals surface area contributed by atoms with Crippen LogP contribution in [-0.4, -0.2) is 22.6 Å². The first-order valence-corrected chi connectivity index (χ1v) is 6.40. The Bertz CT molecular complexity index is 423. The Hall–Kier alpha value is -1.43. The molecule has 1 aromatic heterocycles. The van der Waals surface area contributed by atoms with Crippen LogP contribution in [0, 0.1) is 12.8 Å². The highest BCUT2D eigenvalue weighted by atomic mass is 16.5. The fraction of sp³-hybridized carbons (Fsp3) is 0.750. The zero-order chi connectivity index (χ0) is 13.2. The van der Waals surface area contributed by atoms with Crippen LogP contribution in [0.4, 0.5) is 0 Å². The molecule has 0 radical (unpaired) electrons. The fourth-order valence-electron chi connectivity index (χ4n) is 2.34. The molecule has 1 atom stereocenters. The van der Waals surface area contributed by atoms with E-state index in [2.05, 4.69) is 15.5 Å². The molecule has 3 N–H and O–H groups in total. The number of rotatable bonds is 4. The predicted molar refractivity (Wildman–Crippen MR) is 65.5 cm³/mol. The molecular formula is C12H20N4O2. The zero-order valence-corrected chi connectivity index (χ0v) is 10.9. The highest BCUT2D eigenvalue weighted by Crippen LogP contribution is 2.37. The molecule has 1 aliphatic rings. The Morgan fingerprint density at radius 1 is 1.56 bits per heavy atom. The molecule has 1 heterocycles. The second kappa shape index (κ2) is 5.06. The maximum absolute atomic E-state index is 12.0. The van der Waals surface area contributed by atoms with Crippen molar-refractivity contribution in [2.24, 2.45) is 11.7 Å². The molecule has 18 heavy (non-hydrogen) atoms. The number of carbonyl (C=O) groups is 1. The Kier molecular flexibility index (Phi) is 3.65. The number of aromatic nitrogens is 2. The van der Waals surface area contributed by atoms with Crippen LogP contribution >= 0.6 is 0 Å². The van der Waals surface area contributed by atoms with Gasteiger partial charge in [0.05, 0.1) is 0 Å². The average Bonchev–Trinajstić information content (AvgIpc) is 2.98. The van der Waals surface area contributed by atoms with E-state index in [1.807, 2.05) is 6.92 Å². The van der Waals surface area contributed by atoms with Gasteiger partial charge < -0.3 is 15.6 Å². The first-order chi connectivity index (χ1) is 8.57. The minimum Gasteiger partial charge on any atom is -0.343 e. The van der Waals surface area contributed by atoms with Crippen molar-refractivity contribution in [3.8, 4) is 0 Å². The van der Waals surface area contributed by atoms with Crippen LogP contribution in [0.15, 0.2) is 4.52 Å². The van der Waals surface area contributed by atoms with E-state index in [1.165, 1.54) is 0 Å². The molecule has 1 aromatic rings. The van der Waals surface area contributed by atoms with E-state index in [-0.39, 0.29) is 11.8 Å².